The zero-order chi connectivity index (χ0) is 15.9. The molecule has 0 fully saturated rings. The van der Waals surface area contributed by atoms with Gasteiger partial charge in [-0.2, -0.15) is 0 Å². The van der Waals surface area contributed by atoms with Crippen LogP contribution in [-0.2, 0) is 11.2 Å². The number of amides is 1. The molecule has 22 heavy (non-hydrogen) atoms. The lowest BCUT2D eigenvalue weighted by atomic mass is 10.1. The van der Waals surface area contributed by atoms with Crippen molar-refractivity contribution in [3.63, 3.8) is 0 Å². The van der Waals surface area contributed by atoms with Crippen LogP contribution < -0.4 is 5.32 Å². The molecule has 5 nitrogen and oxygen atoms in total. The summed E-state index contributed by atoms with van der Waals surface area (Å²) < 4.78 is 5.66. The first kappa shape index (κ1) is 16.2. The van der Waals surface area contributed by atoms with Crippen LogP contribution in [0.5, 0.6) is 0 Å². The van der Waals surface area contributed by atoms with Crippen molar-refractivity contribution in [3.05, 3.63) is 42.4 Å². The molecule has 2 unspecified atom stereocenters. The number of nitrogens with zero attached hydrogens (tertiary/aromatic N) is 1. The van der Waals surface area contributed by atoms with Crippen molar-refractivity contribution in [2.45, 2.75) is 32.7 Å². The van der Waals surface area contributed by atoms with E-state index < -0.39 is 0 Å². The van der Waals surface area contributed by atoms with Crippen molar-refractivity contribution in [2.75, 3.05) is 6.61 Å². The predicted molar refractivity (Wildman–Crippen MR) is 84.1 cm³/mol. The van der Waals surface area contributed by atoms with E-state index >= 15 is 0 Å². The molecule has 1 aromatic carbocycles. The number of aromatic nitrogens is 1. The minimum absolute atomic E-state index is 0.0374. The lowest BCUT2D eigenvalue weighted by molar-refractivity contribution is -0.122. The summed E-state index contributed by atoms with van der Waals surface area (Å²) in [5.74, 6) is 1.23. The number of hydrogen-bond acceptors (Lipinski definition) is 4. The average molecular weight is 302 g/mol. The standard InChI is InChI=1S/C17H22N2O3/c1-12(11-20)13(2)19-16(21)8-9-17-18-10-15(22-17)14-6-4-3-5-7-14/h3-7,10,12-13,20H,8-9,11H2,1-2H3,(H,19,21). The number of benzene rings is 1. The van der Waals surface area contributed by atoms with Crippen molar-refractivity contribution < 1.29 is 14.3 Å². The number of aryl methyl sites for hydroxylation is 1. The van der Waals surface area contributed by atoms with E-state index in [9.17, 15) is 4.79 Å². The van der Waals surface area contributed by atoms with E-state index in [1.807, 2.05) is 44.2 Å². The van der Waals surface area contributed by atoms with Crippen molar-refractivity contribution >= 4 is 5.91 Å². The fourth-order valence-electron chi connectivity index (χ4n) is 2.01. The van der Waals surface area contributed by atoms with Crippen LogP contribution in [0.4, 0.5) is 0 Å². The lowest BCUT2D eigenvalue weighted by Crippen LogP contribution is -2.38. The van der Waals surface area contributed by atoms with Gasteiger partial charge in [0.1, 0.15) is 0 Å². The summed E-state index contributed by atoms with van der Waals surface area (Å²) in [6.45, 7) is 3.84. The van der Waals surface area contributed by atoms with Gasteiger partial charge in [-0.3, -0.25) is 4.79 Å². The molecular weight excluding hydrogens is 280 g/mol. The van der Waals surface area contributed by atoms with Gasteiger partial charge in [0.2, 0.25) is 5.91 Å². The lowest BCUT2D eigenvalue weighted by Gasteiger charge is -2.18. The fraction of sp³-hybridized carbons (Fsp3) is 0.412. The van der Waals surface area contributed by atoms with Crippen LogP contribution in [0, 0.1) is 5.92 Å². The summed E-state index contributed by atoms with van der Waals surface area (Å²) >= 11 is 0. The second-order valence-corrected chi connectivity index (χ2v) is 5.50. The largest absolute Gasteiger partial charge is 0.441 e. The number of carbonyl (C=O) groups is 1. The SMILES string of the molecule is CC(CO)C(C)NC(=O)CCc1ncc(-c2ccccc2)o1. The van der Waals surface area contributed by atoms with Crippen LogP contribution in [0.2, 0.25) is 0 Å². The third-order valence-electron chi connectivity index (χ3n) is 3.71. The Morgan fingerprint density at radius 2 is 2.05 bits per heavy atom. The Kier molecular flexibility index (Phi) is 5.72. The van der Waals surface area contributed by atoms with Crippen LogP contribution in [-0.4, -0.2) is 28.6 Å². The van der Waals surface area contributed by atoms with Crippen LogP contribution in [0.1, 0.15) is 26.2 Å². The van der Waals surface area contributed by atoms with Gasteiger partial charge in [-0.05, 0) is 12.8 Å². The number of aliphatic hydroxyl groups is 1. The Bertz CT molecular complexity index is 595. The van der Waals surface area contributed by atoms with E-state index in [1.165, 1.54) is 0 Å². The molecule has 0 aliphatic carbocycles. The smallest absolute Gasteiger partial charge is 0.220 e. The van der Waals surface area contributed by atoms with E-state index in [0.29, 0.717) is 24.5 Å². The highest BCUT2D eigenvalue weighted by Gasteiger charge is 2.14. The highest BCUT2D eigenvalue weighted by molar-refractivity contribution is 5.76. The van der Waals surface area contributed by atoms with Crippen LogP contribution in [0.15, 0.2) is 40.9 Å². The molecule has 1 heterocycles. The quantitative estimate of drug-likeness (QED) is 0.823. The highest BCUT2D eigenvalue weighted by atomic mass is 16.4. The summed E-state index contributed by atoms with van der Waals surface area (Å²) in [6.07, 6.45) is 2.45. The summed E-state index contributed by atoms with van der Waals surface area (Å²) in [7, 11) is 0. The molecule has 1 amide bonds. The molecule has 0 saturated heterocycles. The van der Waals surface area contributed by atoms with Gasteiger partial charge in [-0.1, -0.05) is 37.3 Å². The molecule has 0 bridgehead atoms. The number of hydrogen-bond donors (Lipinski definition) is 2. The number of rotatable bonds is 7. The molecule has 2 rings (SSSR count). The Balaban J connectivity index is 1.85. The second-order valence-electron chi connectivity index (χ2n) is 5.50. The molecule has 0 radical (unpaired) electrons. The van der Waals surface area contributed by atoms with Crippen LogP contribution in [0.25, 0.3) is 11.3 Å². The maximum Gasteiger partial charge on any atom is 0.220 e. The Labute approximate surface area is 130 Å². The van der Waals surface area contributed by atoms with E-state index in [0.717, 1.165) is 5.56 Å². The average Bonchev–Trinajstić information content (AvgIpc) is 3.02. The number of aliphatic hydroxyl groups excluding tert-OH is 1. The normalized spacial score (nSPS) is 13.6. The van der Waals surface area contributed by atoms with E-state index in [1.54, 1.807) is 6.20 Å². The van der Waals surface area contributed by atoms with E-state index in [2.05, 4.69) is 10.3 Å². The molecule has 1 aromatic heterocycles. The van der Waals surface area contributed by atoms with Crippen molar-refractivity contribution in [3.8, 4) is 11.3 Å². The van der Waals surface area contributed by atoms with Crippen LogP contribution >= 0.6 is 0 Å². The molecule has 2 atom stereocenters. The molecule has 2 aromatic rings. The van der Waals surface area contributed by atoms with Crippen molar-refractivity contribution in [1.82, 2.24) is 10.3 Å². The zero-order valence-electron chi connectivity index (χ0n) is 13.0. The van der Waals surface area contributed by atoms with E-state index in [-0.39, 0.29) is 24.5 Å². The van der Waals surface area contributed by atoms with Gasteiger partial charge in [-0.25, -0.2) is 4.98 Å². The number of carbonyl (C=O) groups excluding carboxylic acids is 1. The van der Waals surface area contributed by atoms with E-state index in [4.69, 9.17) is 9.52 Å². The topological polar surface area (TPSA) is 75.4 Å². The van der Waals surface area contributed by atoms with Gasteiger partial charge >= 0.3 is 0 Å². The van der Waals surface area contributed by atoms with Crippen LogP contribution in [0.3, 0.4) is 0 Å². The minimum Gasteiger partial charge on any atom is -0.441 e. The third kappa shape index (κ3) is 4.43. The van der Waals surface area contributed by atoms with Crippen molar-refractivity contribution in [1.29, 1.82) is 0 Å². The first-order valence-corrected chi connectivity index (χ1v) is 7.50. The predicted octanol–water partition coefficient (Wildman–Crippen LogP) is 2.41. The third-order valence-corrected chi connectivity index (χ3v) is 3.71. The first-order valence-electron chi connectivity index (χ1n) is 7.50. The maximum absolute atomic E-state index is 11.9. The number of nitrogens with one attached hydrogen (secondary N) is 1. The van der Waals surface area contributed by atoms with Crippen molar-refractivity contribution in [2.24, 2.45) is 5.92 Å². The Morgan fingerprint density at radius 3 is 2.73 bits per heavy atom. The molecule has 5 heteroatoms. The molecule has 2 N–H and O–H groups in total. The molecule has 0 aliphatic heterocycles. The summed E-state index contributed by atoms with van der Waals surface area (Å²) in [5.41, 5.74) is 0.969. The number of oxazole rings is 1. The molecule has 0 spiro atoms. The second kappa shape index (κ2) is 7.75. The Morgan fingerprint density at radius 1 is 1.32 bits per heavy atom. The van der Waals surface area contributed by atoms with Gasteiger partial charge in [-0.15, -0.1) is 0 Å². The maximum atomic E-state index is 11.9. The monoisotopic (exact) mass is 302 g/mol. The highest BCUT2D eigenvalue weighted by Crippen LogP contribution is 2.20. The fourth-order valence-corrected chi connectivity index (χ4v) is 2.01. The van der Waals surface area contributed by atoms with Gasteiger partial charge in [0, 0.05) is 31.1 Å². The molecule has 118 valence electrons. The molecule has 0 aliphatic rings. The molecular formula is C17H22N2O3. The summed E-state index contributed by atoms with van der Waals surface area (Å²) in [6, 6.07) is 9.68. The van der Waals surface area contributed by atoms with Gasteiger partial charge in [0.15, 0.2) is 11.7 Å². The molecule has 0 saturated carbocycles. The van der Waals surface area contributed by atoms with Gasteiger partial charge in [0.05, 0.1) is 6.20 Å². The minimum atomic E-state index is -0.0627. The first-order chi connectivity index (χ1) is 10.6. The van der Waals surface area contributed by atoms with Gasteiger partial charge in [0.25, 0.3) is 0 Å². The van der Waals surface area contributed by atoms with Gasteiger partial charge < -0.3 is 14.8 Å². The summed E-state index contributed by atoms with van der Waals surface area (Å²) in [5, 5.41) is 11.9. The Hall–Kier alpha value is -2.14. The zero-order valence-corrected chi connectivity index (χ0v) is 13.0. The summed E-state index contributed by atoms with van der Waals surface area (Å²) in [4.78, 5) is 16.1.